The van der Waals surface area contributed by atoms with Crippen molar-refractivity contribution in [3.63, 3.8) is 0 Å². The summed E-state index contributed by atoms with van der Waals surface area (Å²) in [5, 5.41) is 8.77. The Morgan fingerprint density at radius 1 is 1.06 bits per heavy atom. The van der Waals surface area contributed by atoms with Crippen LogP contribution in [0.3, 0.4) is 0 Å². The number of epoxide rings is 1. The van der Waals surface area contributed by atoms with Crippen molar-refractivity contribution >= 4 is 0 Å². The predicted octanol–water partition coefficient (Wildman–Crippen LogP) is 4.00. The van der Waals surface area contributed by atoms with Gasteiger partial charge in [-0.1, -0.05) is 23.3 Å². The molecule has 1 rings (SSSR count). The molecular weight excluding hydrogens is 224 g/mol. The second-order valence-electron chi connectivity index (χ2n) is 6.17. The third-order valence-corrected chi connectivity index (χ3v) is 4.18. The number of hydrogen-bond donors (Lipinski definition) is 1. The number of rotatable bonds is 7. The molecule has 0 radical (unpaired) electrons. The van der Waals surface area contributed by atoms with Crippen LogP contribution in [0, 0.1) is 0 Å². The fourth-order valence-electron chi connectivity index (χ4n) is 2.23. The fraction of sp³-hybridized carbons (Fsp3) is 0.750. The van der Waals surface area contributed by atoms with Crippen molar-refractivity contribution in [2.75, 3.05) is 6.61 Å². The van der Waals surface area contributed by atoms with Crippen molar-refractivity contribution in [1.29, 1.82) is 0 Å². The third-order valence-electron chi connectivity index (χ3n) is 4.18. The summed E-state index contributed by atoms with van der Waals surface area (Å²) in [6.07, 6.45) is 8.51. The summed E-state index contributed by atoms with van der Waals surface area (Å²) in [6.45, 7) is 10.9. The van der Waals surface area contributed by atoms with E-state index in [1.165, 1.54) is 11.1 Å². The van der Waals surface area contributed by atoms with E-state index in [1.54, 1.807) is 0 Å². The van der Waals surface area contributed by atoms with Gasteiger partial charge in [0.25, 0.3) is 0 Å². The summed E-state index contributed by atoms with van der Waals surface area (Å²) >= 11 is 0. The van der Waals surface area contributed by atoms with Crippen LogP contribution in [0.5, 0.6) is 0 Å². The van der Waals surface area contributed by atoms with E-state index < -0.39 is 0 Å². The van der Waals surface area contributed by atoms with Crippen molar-refractivity contribution in [2.45, 2.75) is 71.5 Å². The number of allylic oxidation sites excluding steroid dienone is 3. The van der Waals surface area contributed by atoms with E-state index in [2.05, 4.69) is 40.7 Å². The first-order valence-corrected chi connectivity index (χ1v) is 6.93. The Morgan fingerprint density at radius 3 is 2.11 bits per heavy atom. The lowest BCUT2D eigenvalue weighted by atomic mass is 9.91. The number of aliphatic hydroxyl groups excluding tert-OH is 1. The lowest BCUT2D eigenvalue weighted by molar-refractivity contribution is 0.277. The Morgan fingerprint density at radius 2 is 1.61 bits per heavy atom. The highest BCUT2D eigenvalue weighted by Crippen LogP contribution is 2.50. The van der Waals surface area contributed by atoms with E-state index in [1.807, 2.05) is 6.08 Å². The third kappa shape index (κ3) is 4.25. The lowest BCUT2D eigenvalue weighted by Gasteiger charge is -2.09. The summed E-state index contributed by atoms with van der Waals surface area (Å²) < 4.78 is 5.75. The van der Waals surface area contributed by atoms with E-state index in [0.29, 0.717) is 0 Å². The van der Waals surface area contributed by atoms with Crippen molar-refractivity contribution in [3.8, 4) is 0 Å². The molecule has 2 heteroatoms. The number of ether oxygens (including phenoxy) is 1. The zero-order valence-corrected chi connectivity index (χ0v) is 12.5. The molecule has 1 saturated heterocycles. The summed E-state index contributed by atoms with van der Waals surface area (Å²) in [7, 11) is 0. The van der Waals surface area contributed by atoms with Gasteiger partial charge in [0.1, 0.15) is 0 Å². The van der Waals surface area contributed by atoms with E-state index in [-0.39, 0.29) is 17.8 Å². The maximum absolute atomic E-state index is 8.77. The molecule has 0 aliphatic carbocycles. The van der Waals surface area contributed by atoms with Crippen LogP contribution in [-0.4, -0.2) is 22.9 Å². The second-order valence-corrected chi connectivity index (χ2v) is 6.17. The molecule has 1 heterocycles. The molecule has 0 saturated carbocycles. The first-order chi connectivity index (χ1) is 8.31. The molecule has 18 heavy (non-hydrogen) atoms. The Hall–Kier alpha value is -0.600. The van der Waals surface area contributed by atoms with Crippen molar-refractivity contribution in [3.05, 3.63) is 23.3 Å². The molecule has 0 aromatic heterocycles. The zero-order valence-electron chi connectivity index (χ0n) is 12.5. The minimum absolute atomic E-state index is 0.0632. The average Bonchev–Trinajstić information content (AvgIpc) is 2.76. The topological polar surface area (TPSA) is 32.8 Å². The number of hydrogen-bond acceptors (Lipinski definition) is 2. The monoisotopic (exact) mass is 252 g/mol. The van der Waals surface area contributed by atoms with Crippen molar-refractivity contribution in [2.24, 2.45) is 0 Å². The van der Waals surface area contributed by atoms with Gasteiger partial charge in [0.05, 0.1) is 17.8 Å². The Balaban J connectivity index is 2.25. The van der Waals surface area contributed by atoms with Gasteiger partial charge in [-0.2, -0.15) is 0 Å². The fourth-order valence-corrected chi connectivity index (χ4v) is 2.23. The smallest absolute Gasteiger partial charge is 0.0949 e. The van der Waals surface area contributed by atoms with Crippen LogP contribution in [0.25, 0.3) is 0 Å². The molecule has 0 aromatic rings. The molecule has 104 valence electrons. The van der Waals surface area contributed by atoms with Crippen LogP contribution in [0.1, 0.15) is 60.3 Å². The van der Waals surface area contributed by atoms with Gasteiger partial charge in [0.2, 0.25) is 0 Å². The Labute approximate surface area is 112 Å². The molecule has 1 aliphatic heterocycles. The van der Waals surface area contributed by atoms with Crippen LogP contribution >= 0.6 is 0 Å². The average molecular weight is 252 g/mol. The molecule has 0 aromatic carbocycles. The zero-order chi connectivity index (χ0) is 13.8. The maximum atomic E-state index is 8.77. The van der Waals surface area contributed by atoms with Gasteiger partial charge in [-0.05, 0) is 60.3 Å². The van der Waals surface area contributed by atoms with E-state index >= 15 is 0 Å². The SMILES string of the molecule is C/C(=C\CO)CC/C=C(\C)CCC1(C)OC1(C)C. The largest absolute Gasteiger partial charge is 0.392 e. The van der Waals surface area contributed by atoms with Crippen LogP contribution < -0.4 is 0 Å². The Kier molecular flexibility index (Phi) is 5.18. The Bertz CT molecular complexity index is 339. The lowest BCUT2D eigenvalue weighted by Crippen LogP contribution is -2.16. The first kappa shape index (κ1) is 15.5. The summed E-state index contributed by atoms with van der Waals surface area (Å²) in [5.74, 6) is 0. The highest BCUT2D eigenvalue weighted by Gasteiger charge is 2.59. The molecule has 0 spiro atoms. The molecular formula is C16H28O2. The van der Waals surface area contributed by atoms with Crippen LogP contribution in [-0.2, 0) is 4.74 Å². The predicted molar refractivity (Wildman–Crippen MR) is 76.6 cm³/mol. The normalized spacial score (nSPS) is 27.4. The number of aliphatic hydroxyl groups is 1. The quantitative estimate of drug-likeness (QED) is 0.549. The molecule has 1 unspecified atom stereocenters. The molecule has 0 amide bonds. The maximum Gasteiger partial charge on any atom is 0.0949 e. The highest BCUT2D eigenvalue weighted by atomic mass is 16.6. The standard InChI is InChI=1S/C16H28O2/c1-13(7-6-8-14(2)10-12-17)9-11-16(5)15(3,4)18-16/h7,10,17H,6,8-9,11-12H2,1-5H3/b13-7+,14-10+. The summed E-state index contributed by atoms with van der Waals surface area (Å²) in [6, 6.07) is 0. The summed E-state index contributed by atoms with van der Waals surface area (Å²) in [4.78, 5) is 0. The first-order valence-electron chi connectivity index (χ1n) is 6.93. The van der Waals surface area contributed by atoms with Crippen LogP contribution in [0.15, 0.2) is 23.3 Å². The molecule has 1 N–H and O–H groups in total. The molecule has 1 aliphatic rings. The van der Waals surface area contributed by atoms with E-state index in [4.69, 9.17) is 9.84 Å². The molecule has 1 fully saturated rings. The van der Waals surface area contributed by atoms with Crippen molar-refractivity contribution in [1.82, 2.24) is 0 Å². The molecule has 0 bridgehead atoms. The highest BCUT2D eigenvalue weighted by molar-refractivity contribution is 5.11. The van der Waals surface area contributed by atoms with Crippen LogP contribution in [0.4, 0.5) is 0 Å². The van der Waals surface area contributed by atoms with Crippen LogP contribution in [0.2, 0.25) is 0 Å². The van der Waals surface area contributed by atoms with Gasteiger partial charge in [-0.3, -0.25) is 0 Å². The van der Waals surface area contributed by atoms with Gasteiger partial charge >= 0.3 is 0 Å². The van der Waals surface area contributed by atoms with Crippen molar-refractivity contribution < 1.29 is 9.84 Å². The molecule has 2 nitrogen and oxygen atoms in total. The van der Waals surface area contributed by atoms with E-state index in [0.717, 1.165) is 25.7 Å². The summed E-state index contributed by atoms with van der Waals surface area (Å²) in [5.41, 5.74) is 2.85. The van der Waals surface area contributed by atoms with E-state index in [9.17, 15) is 0 Å². The second kappa shape index (κ2) is 6.03. The van der Waals surface area contributed by atoms with Gasteiger partial charge in [-0.25, -0.2) is 0 Å². The van der Waals surface area contributed by atoms with Gasteiger partial charge in [-0.15, -0.1) is 0 Å². The minimum atomic E-state index is 0.0632. The van der Waals surface area contributed by atoms with Gasteiger partial charge in [0, 0.05) is 0 Å². The van der Waals surface area contributed by atoms with Gasteiger partial charge < -0.3 is 9.84 Å². The molecule has 1 atom stereocenters. The minimum Gasteiger partial charge on any atom is -0.392 e. The van der Waals surface area contributed by atoms with Gasteiger partial charge in [0.15, 0.2) is 0 Å².